The maximum absolute atomic E-state index is 12.8. The van der Waals surface area contributed by atoms with Gasteiger partial charge in [0.25, 0.3) is 0 Å². The first kappa shape index (κ1) is 29.0. The Morgan fingerprint density at radius 2 is 1.50 bits per heavy atom. The van der Waals surface area contributed by atoms with Gasteiger partial charge in [0, 0.05) is 0 Å². The van der Waals surface area contributed by atoms with Gasteiger partial charge in [0.15, 0.2) is 5.75 Å². The molecule has 0 amide bonds. The van der Waals surface area contributed by atoms with Crippen LogP contribution >= 0.6 is 0 Å². The summed E-state index contributed by atoms with van der Waals surface area (Å²) in [5.74, 6) is 1.07. The number of benzene rings is 1. The summed E-state index contributed by atoms with van der Waals surface area (Å²) in [6.45, 7) is 11.7. The van der Waals surface area contributed by atoms with E-state index in [1.54, 1.807) is 6.07 Å². The molecule has 0 unspecified atom stereocenters. The standard InChI is InChI=1S/C31H42O5/c1-6-8-10-12-21-34-29-28-26(33-23-20-25(5)17-14-16-24(3)4)18-15-19-27(28)36-31(32)30(29)35-22-13-11-9-7-2/h8-11,15-16,18-20H,6-7,12-14,17,21-23H2,1-5H3. The maximum Gasteiger partial charge on any atom is 0.383 e. The summed E-state index contributed by atoms with van der Waals surface area (Å²) in [7, 11) is 0. The average molecular weight is 495 g/mol. The van der Waals surface area contributed by atoms with E-state index in [1.807, 2.05) is 18.2 Å². The van der Waals surface area contributed by atoms with E-state index in [0.29, 0.717) is 48.7 Å². The number of hydrogen-bond acceptors (Lipinski definition) is 5. The van der Waals surface area contributed by atoms with Gasteiger partial charge < -0.3 is 18.6 Å². The molecule has 0 aliphatic rings. The Balaban J connectivity index is 2.33. The third-order valence-electron chi connectivity index (χ3n) is 5.44. The summed E-state index contributed by atoms with van der Waals surface area (Å²) in [6, 6.07) is 5.43. The van der Waals surface area contributed by atoms with Crippen LogP contribution in [0.1, 0.15) is 73.1 Å². The molecule has 0 bridgehead atoms. The zero-order chi connectivity index (χ0) is 26.2. The van der Waals surface area contributed by atoms with Crippen molar-refractivity contribution in [2.24, 2.45) is 0 Å². The van der Waals surface area contributed by atoms with Crippen molar-refractivity contribution in [2.75, 3.05) is 19.8 Å². The molecule has 0 aliphatic heterocycles. The molecule has 0 saturated carbocycles. The third kappa shape index (κ3) is 9.80. The van der Waals surface area contributed by atoms with E-state index in [1.165, 1.54) is 11.1 Å². The van der Waals surface area contributed by atoms with Crippen molar-refractivity contribution in [3.8, 4) is 17.2 Å². The smallest absolute Gasteiger partial charge is 0.383 e. The van der Waals surface area contributed by atoms with E-state index in [0.717, 1.165) is 32.1 Å². The molecule has 2 aromatic rings. The Kier molecular flexibility index (Phi) is 13.3. The van der Waals surface area contributed by atoms with Crippen LogP contribution in [0.15, 0.2) is 75.0 Å². The number of rotatable bonds is 16. The lowest BCUT2D eigenvalue weighted by Crippen LogP contribution is -2.12. The molecule has 0 saturated heterocycles. The minimum absolute atomic E-state index is 0.0939. The molecule has 1 aromatic carbocycles. The van der Waals surface area contributed by atoms with Crippen molar-refractivity contribution in [2.45, 2.75) is 73.1 Å². The summed E-state index contributed by atoms with van der Waals surface area (Å²) in [5, 5.41) is 0.617. The van der Waals surface area contributed by atoms with E-state index in [4.69, 9.17) is 18.6 Å². The summed E-state index contributed by atoms with van der Waals surface area (Å²) in [4.78, 5) is 12.8. The SMILES string of the molecule is CCC=CCCOc1c(OCCC=CCC)c2c(OCC=C(C)CCC=C(C)C)cccc2oc1=O. The molecular formula is C31H42O5. The van der Waals surface area contributed by atoms with Crippen LogP contribution in [0.3, 0.4) is 0 Å². The predicted molar refractivity (Wildman–Crippen MR) is 149 cm³/mol. The number of hydrogen-bond donors (Lipinski definition) is 0. The van der Waals surface area contributed by atoms with Crippen LogP contribution in [-0.2, 0) is 0 Å². The highest BCUT2D eigenvalue weighted by Crippen LogP contribution is 2.39. The molecule has 196 valence electrons. The Labute approximate surface area is 216 Å². The number of ether oxygens (including phenoxy) is 3. The van der Waals surface area contributed by atoms with Crippen molar-refractivity contribution in [1.82, 2.24) is 0 Å². The van der Waals surface area contributed by atoms with Gasteiger partial charge in [-0.1, -0.05) is 61.4 Å². The van der Waals surface area contributed by atoms with Gasteiger partial charge >= 0.3 is 5.63 Å². The zero-order valence-electron chi connectivity index (χ0n) is 22.6. The lowest BCUT2D eigenvalue weighted by molar-refractivity contribution is 0.264. The summed E-state index contributed by atoms with van der Waals surface area (Å²) in [6.07, 6.45) is 18.0. The fourth-order valence-corrected chi connectivity index (χ4v) is 3.55. The first-order valence-electron chi connectivity index (χ1n) is 13.0. The second kappa shape index (κ2) is 16.5. The summed E-state index contributed by atoms with van der Waals surface area (Å²) >= 11 is 0. The van der Waals surface area contributed by atoms with Gasteiger partial charge in [-0.25, -0.2) is 4.79 Å². The molecule has 2 rings (SSSR count). The minimum Gasteiger partial charge on any atom is -0.489 e. The van der Waals surface area contributed by atoms with E-state index in [9.17, 15) is 4.79 Å². The van der Waals surface area contributed by atoms with Crippen LogP contribution < -0.4 is 19.8 Å². The van der Waals surface area contributed by atoms with Crippen LogP contribution in [0.2, 0.25) is 0 Å². The monoisotopic (exact) mass is 494 g/mol. The Hall–Kier alpha value is -3.21. The second-order valence-corrected chi connectivity index (χ2v) is 8.89. The molecule has 5 heteroatoms. The fraction of sp³-hybridized carbons (Fsp3) is 0.452. The minimum atomic E-state index is -0.548. The molecule has 1 heterocycles. The number of fused-ring (bicyclic) bond motifs is 1. The predicted octanol–water partition coefficient (Wildman–Crippen LogP) is 8.33. The highest BCUT2D eigenvalue weighted by Gasteiger charge is 2.21. The summed E-state index contributed by atoms with van der Waals surface area (Å²) in [5.41, 5.74) is 2.46. The van der Waals surface area contributed by atoms with E-state index >= 15 is 0 Å². The van der Waals surface area contributed by atoms with Crippen LogP contribution in [-0.4, -0.2) is 19.8 Å². The van der Waals surface area contributed by atoms with Crippen molar-refractivity contribution in [3.05, 3.63) is 76.2 Å². The number of allylic oxidation sites excluding steroid dienone is 5. The molecule has 1 aromatic heterocycles. The quantitative estimate of drug-likeness (QED) is 0.133. The molecular weight excluding hydrogens is 452 g/mol. The van der Waals surface area contributed by atoms with Gasteiger partial charge in [-0.3, -0.25) is 0 Å². The lowest BCUT2D eigenvalue weighted by Gasteiger charge is -2.15. The molecule has 5 nitrogen and oxygen atoms in total. The van der Waals surface area contributed by atoms with Crippen molar-refractivity contribution in [3.63, 3.8) is 0 Å². The Bertz CT molecular complexity index is 1110. The second-order valence-electron chi connectivity index (χ2n) is 8.89. The highest BCUT2D eigenvalue weighted by molar-refractivity contribution is 5.91. The van der Waals surface area contributed by atoms with E-state index in [2.05, 4.69) is 65.0 Å². The largest absolute Gasteiger partial charge is 0.489 e. The van der Waals surface area contributed by atoms with Gasteiger partial charge in [-0.15, -0.1) is 0 Å². The first-order chi connectivity index (χ1) is 17.5. The van der Waals surface area contributed by atoms with Crippen molar-refractivity contribution >= 4 is 11.0 Å². The van der Waals surface area contributed by atoms with Crippen molar-refractivity contribution in [1.29, 1.82) is 0 Å². The zero-order valence-corrected chi connectivity index (χ0v) is 22.6. The van der Waals surface area contributed by atoms with Gasteiger partial charge in [0.1, 0.15) is 23.3 Å². The lowest BCUT2D eigenvalue weighted by atomic mass is 10.1. The van der Waals surface area contributed by atoms with E-state index < -0.39 is 5.63 Å². The summed E-state index contributed by atoms with van der Waals surface area (Å²) < 4.78 is 23.8. The third-order valence-corrected chi connectivity index (χ3v) is 5.44. The molecule has 36 heavy (non-hydrogen) atoms. The maximum atomic E-state index is 12.8. The van der Waals surface area contributed by atoms with E-state index in [-0.39, 0.29) is 5.75 Å². The highest BCUT2D eigenvalue weighted by atomic mass is 16.5. The van der Waals surface area contributed by atoms with Crippen LogP contribution in [0.4, 0.5) is 0 Å². The molecule has 0 radical (unpaired) electrons. The topological polar surface area (TPSA) is 57.9 Å². The molecule has 0 N–H and O–H groups in total. The molecule has 0 aliphatic carbocycles. The molecule has 0 fully saturated rings. The molecule has 0 atom stereocenters. The van der Waals surface area contributed by atoms with Crippen LogP contribution in [0.25, 0.3) is 11.0 Å². The average Bonchev–Trinajstić information content (AvgIpc) is 2.84. The van der Waals surface area contributed by atoms with Gasteiger partial charge in [-0.2, -0.15) is 0 Å². The van der Waals surface area contributed by atoms with Gasteiger partial charge in [-0.05, 0) is 77.5 Å². The van der Waals surface area contributed by atoms with Crippen molar-refractivity contribution < 1.29 is 18.6 Å². The van der Waals surface area contributed by atoms with Crippen LogP contribution in [0, 0.1) is 0 Å². The fourth-order valence-electron chi connectivity index (χ4n) is 3.55. The Morgan fingerprint density at radius 1 is 0.833 bits per heavy atom. The normalized spacial score (nSPS) is 12.0. The van der Waals surface area contributed by atoms with Gasteiger partial charge in [0.2, 0.25) is 5.75 Å². The molecule has 0 spiro atoms. The Morgan fingerprint density at radius 3 is 2.14 bits per heavy atom. The van der Waals surface area contributed by atoms with Crippen LogP contribution in [0.5, 0.6) is 17.2 Å². The first-order valence-corrected chi connectivity index (χ1v) is 13.0. The van der Waals surface area contributed by atoms with Gasteiger partial charge in [0.05, 0.1) is 13.2 Å².